The summed E-state index contributed by atoms with van der Waals surface area (Å²) in [5.74, 6) is 2.67. The number of benzene rings is 2. The normalized spacial score (nSPS) is 18.7. The van der Waals surface area contributed by atoms with Crippen LogP contribution in [0.1, 0.15) is 65.0 Å². The third-order valence-electron chi connectivity index (χ3n) is 8.10. The van der Waals surface area contributed by atoms with Crippen molar-refractivity contribution in [2.45, 2.75) is 74.5 Å². The van der Waals surface area contributed by atoms with Crippen LogP contribution >= 0.6 is 0 Å². The van der Waals surface area contributed by atoms with E-state index < -0.39 is 31.1 Å². The minimum absolute atomic E-state index is 0.136. The van der Waals surface area contributed by atoms with Crippen LogP contribution in [0, 0.1) is 12.3 Å². The fourth-order valence-electron chi connectivity index (χ4n) is 5.94. The smallest absolute Gasteiger partial charge is 0.294 e. The lowest BCUT2D eigenvalue weighted by Crippen LogP contribution is -2.28. The molecule has 2 aromatic carbocycles. The molecule has 0 aromatic heterocycles. The minimum Gasteiger partial charge on any atom is -0.344 e. The maximum Gasteiger partial charge on any atom is 0.294 e. The van der Waals surface area contributed by atoms with Crippen LogP contribution in [0.3, 0.4) is 0 Å². The van der Waals surface area contributed by atoms with E-state index in [9.17, 15) is 25.9 Å². The molecule has 2 aromatic rings. The summed E-state index contributed by atoms with van der Waals surface area (Å²) >= 11 is 0. The SMILES string of the molecule is C#CCCCC[N+]1=C(/C=C/C=C2/N(CC)c3ccc(S(=O)(=O)O)cc3C2(C)C)C(C)(C)c2cc(S(=O)(=O)O)ccc21. The molecule has 0 atom stereocenters. The van der Waals surface area contributed by atoms with Crippen molar-refractivity contribution in [3.05, 3.63) is 71.5 Å². The van der Waals surface area contributed by atoms with Crippen molar-refractivity contribution in [2.75, 3.05) is 18.0 Å². The average Bonchev–Trinajstić information content (AvgIpc) is 3.23. The molecule has 0 bridgehead atoms. The van der Waals surface area contributed by atoms with Gasteiger partial charge in [0, 0.05) is 53.9 Å². The first-order valence-electron chi connectivity index (χ1n) is 13.5. The van der Waals surface area contributed by atoms with Crippen LogP contribution < -0.4 is 4.90 Å². The van der Waals surface area contributed by atoms with Gasteiger partial charge in [-0.25, -0.2) is 0 Å². The number of unbranched alkanes of at least 4 members (excludes halogenated alkanes) is 2. The van der Waals surface area contributed by atoms with Gasteiger partial charge in [-0.2, -0.15) is 21.4 Å². The first-order valence-corrected chi connectivity index (χ1v) is 16.4. The number of anilines is 1. The van der Waals surface area contributed by atoms with Gasteiger partial charge in [-0.05, 0) is 69.2 Å². The average molecular weight is 598 g/mol. The molecule has 0 unspecified atom stereocenters. The van der Waals surface area contributed by atoms with E-state index in [-0.39, 0.29) is 9.79 Å². The molecule has 0 fully saturated rings. The highest BCUT2D eigenvalue weighted by Gasteiger charge is 2.45. The molecule has 0 aliphatic carbocycles. The quantitative estimate of drug-likeness (QED) is 0.167. The lowest BCUT2D eigenvalue weighted by Gasteiger charge is -2.25. The summed E-state index contributed by atoms with van der Waals surface area (Å²) in [5.41, 5.74) is 4.25. The van der Waals surface area contributed by atoms with Crippen LogP contribution in [0.15, 0.2) is 70.1 Å². The molecule has 8 nitrogen and oxygen atoms in total. The molecule has 0 amide bonds. The number of nitrogens with zero attached hydrogens (tertiary/aromatic N) is 2. The zero-order valence-electron chi connectivity index (χ0n) is 24.0. The van der Waals surface area contributed by atoms with E-state index in [4.69, 9.17) is 6.42 Å². The lowest BCUT2D eigenvalue weighted by molar-refractivity contribution is -0.438. The van der Waals surface area contributed by atoms with Crippen LogP contribution in [-0.2, 0) is 31.1 Å². The zero-order chi connectivity index (χ0) is 30.4. The molecule has 2 N–H and O–H groups in total. The van der Waals surface area contributed by atoms with Crippen molar-refractivity contribution < 1.29 is 30.5 Å². The van der Waals surface area contributed by atoms with E-state index in [1.54, 1.807) is 18.2 Å². The Morgan fingerprint density at radius 2 is 1.54 bits per heavy atom. The van der Waals surface area contributed by atoms with E-state index in [0.29, 0.717) is 19.5 Å². The largest absolute Gasteiger partial charge is 0.344 e. The van der Waals surface area contributed by atoms with Gasteiger partial charge in [0.15, 0.2) is 5.71 Å². The number of likely N-dealkylation sites (N-methyl/N-ethyl adjacent to an activating group) is 1. The monoisotopic (exact) mass is 597 g/mol. The Labute approximate surface area is 243 Å². The van der Waals surface area contributed by atoms with Crippen LogP contribution in [0.5, 0.6) is 0 Å². The molecule has 2 aliphatic rings. The Morgan fingerprint density at radius 1 is 0.927 bits per heavy atom. The topological polar surface area (TPSA) is 115 Å². The van der Waals surface area contributed by atoms with Gasteiger partial charge >= 0.3 is 0 Å². The molecular weight excluding hydrogens is 560 g/mol. The summed E-state index contributed by atoms with van der Waals surface area (Å²) in [4.78, 5) is 1.85. The van der Waals surface area contributed by atoms with Gasteiger partial charge < -0.3 is 4.90 Å². The number of fused-ring (bicyclic) bond motifs is 2. The van der Waals surface area contributed by atoms with Gasteiger partial charge in [0.1, 0.15) is 6.54 Å². The van der Waals surface area contributed by atoms with Gasteiger partial charge in [-0.1, -0.05) is 19.9 Å². The molecular formula is C31H37N2O6S2+. The molecule has 4 rings (SSSR count). The highest BCUT2D eigenvalue weighted by Crippen LogP contribution is 2.48. The Balaban J connectivity index is 1.78. The highest BCUT2D eigenvalue weighted by atomic mass is 32.2. The van der Waals surface area contributed by atoms with Crippen LogP contribution in [0.2, 0.25) is 0 Å². The molecule has 0 spiro atoms. The Hall–Kier alpha value is -3.23. The molecule has 2 aliphatic heterocycles. The standard InChI is InChI=1S/C31H36N2O6S2/c1-7-9-10-11-19-33-27-18-16-23(41(37,38)39)21-25(27)31(5,6)29(33)14-12-13-28-30(3,4)24-20-22(40(34,35)36)15-17-26(24)32(28)8-2/h1,12-18,20-21H,8-11,19H2,2-6H3,(H-,34,35,36,37,38,39)/p+1. The molecule has 10 heteroatoms. The molecule has 0 radical (unpaired) electrons. The Bertz CT molecular complexity index is 1740. The number of terminal acetylenes is 1. The number of hydrogen-bond donors (Lipinski definition) is 2. The minimum atomic E-state index is -4.36. The maximum absolute atomic E-state index is 11.9. The molecule has 0 saturated carbocycles. The fraction of sp³-hybridized carbons (Fsp3) is 0.387. The first kappa shape index (κ1) is 30.7. The number of rotatable bonds is 9. The van der Waals surface area contributed by atoms with Crippen molar-refractivity contribution in [1.82, 2.24) is 0 Å². The summed E-state index contributed by atoms with van der Waals surface area (Å²) in [5, 5.41) is 0. The molecule has 2 heterocycles. The van der Waals surface area contributed by atoms with Gasteiger partial charge in [-0.15, -0.1) is 12.3 Å². The second-order valence-corrected chi connectivity index (χ2v) is 14.3. The van der Waals surface area contributed by atoms with Crippen molar-refractivity contribution in [3.63, 3.8) is 0 Å². The van der Waals surface area contributed by atoms with Crippen molar-refractivity contribution in [2.24, 2.45) is 0 Å². The highest BCUT2D eigenvalue weighted by molar-refractivity contribution is 7.86. The summed E-state index contributed by atoms with van der Waals surface area (Å²) in [6, 6.07) is 9.38. The predicted molar refractivity (Wildman–Crippen MR) is 161 cm³/mol. The van der Waals surface area contributed by atoms with Crippen LogP contribution in [-0.4, -0.2) is 49.3 Å². The van der Waals surface area contributed by atoms with E-state index in [1.807, 2.05) is 52.8 Å². The summed E-state index contributed by atoms with van der Waals surface area (Å²) in [6.45, 7) is 11.5. The third-order valence-corrected chi connectivity index (χ3v) is 9.80. The van der Waals surface area contributed by atoms with Crippen LogP contribution in [0.25, 0.3) is 0 Å². The number of hydrogen-bond acceptors (Lipinski definition) is 5. The summed E-state index contributed by atoms with van der Waals surface area (Å²) < 4.78 is 68.9. The number of allylic oxidation sites excluding steroid dienone is 4. The van der Waals surface area contributed by atoms with Gasteiger partial charge in [-0.3, -0.25) is 9.11 Å². The third kappa shape index (κ3) is 5.64. The van der Waals surface area contributed by atoms with E-state index in [1.165, 1.54) is 18.2 Å². The van der Waals surface area contributed by atoms with Gasteiger partial charge in [0.25, 0.3) is 20.2 Å². The van der Waals surface area contributed by atoms with E-state index >= 15 is 0 Å². The summed E-state index contributed by atoms with van der Waals surface area (Å²) in [6.07, 6.45) is 13.8. The maximum atomic E-state index is 11.9. The van der Waals surface area contributed by atoms with Crippen molar-refractivity contribution in [1.29, 1.82) is 0 Å². The van der Waals surface area contributed by atoms with Crippen LogP contribution in [0.4, 0.5) is 11.4 Å². The van der Waals surface area contributed by atoms with Crippen molar-refractivity contribution >= 4 is 37.3 Å². The van der Waals surface area contributed by atoms with Gasteiger partial charge in [0.2, 0.25) is 5.69 Å². The van der Waals surface area contributed by atoms with Crippen molar-refractivity contribution in [3.8, 4) is 12.3 Å². The van der Waals surface area contributed by atoms with E-state index in [0.717, 1.165) is 46.8 Å². The zero-order valence-corrected chi connectivity index (χ0v) is 25.7. The predicted octanol–water partition coefficient (Wildman–Crippen LogP) is 5.62. The molecule has 0 saturated heterocycles. The molecule has 41 heavy (non-hydrogen) atoms. The second kappa shape index (κ2) is 10.9. The fourth-order valence-corrected chi connectivity index (χ4v) is 6.95. The first-order chi connectivity index (χ1) is 19.0. The Morgan fingerprint density at radius 3 is 2.12 bits per heavy atom. The van der Waals surface area contributed by atoms with Gasteiger partial charge in [0.05, 0.1) is 15.2 Å². The van der Waals surface area contributed by atoms with E-state index in [2.05, 4.69) is 15.4 Å². The second-order valence-electron chi connectivity index (χ2n) is 11.4. The summed E-state index contributed by atoms with van der Waals surface area (Å²) in [7, 11) is -8.70. The Kier molecular flexibility index (Phi) is 8.15. The molecule has 218 valence electrons. The lowest BCUT2D eigenvalue weighted by atomic mass is 9.81.